The summed E-state index contributed by atoms with van der Waals surface area (Å²) in [5, 5.41) is 3.70. The van der Waals surface area contributed by atoms with Crippen molar-refractivity contribution in [2.75, 3.05) is 6.54 Å². The molecule has 0 bridgehead atoms. The van der Waals surface area contributed by atoms with Crippen molar-refractivity contribution in [2.45, 2.75) is 77.7 Å². The van der Waals surface area contributed by atoms with Gasteiger partial charge in [0.25, 0.3) is 0 Å². The van der Waals surface area contributed by atoms with Crippen LogP contribution >= 0.6 is 0 Å². The minimum Gasteiger partial charge on any atom is -0.310 e. The van der Waals surface area contributed by atoms with Crippen LogP contribution in [0, 0.1) is 0 Å². The fourth-order valence-corrected chi connectivity index (χ4v) is 2.70. The van der Waals surface area contributed by atoms with Crippen molar-refractivity contribution in [3.63, 3.8) is 0 Å². The van der Waals surface area contributed by atoms with Crippen molar-refractivity contribution in [1.82, 2.24) is 5.32 Å². The molecule has 0 aliphatic heterocycles. The second-order valence-electron chi connectivity index (χ2n) is 5.83. The van der Waals surface area contributed by atoms with Gasteiger partial charge in [-0.1, -0.05) is 89.1 Å². The lowest BCUT2D eigenvalue weighted by atomic mass is 9.99. The van der Waals surface area contributed by atoms with Gasteiger partial charge in [0, 0.05) is 6.04 Å². The van der Waals surface area contributed by atoms with E-state index in [2.05, 4.69) is 49.5 Å². The van der Waals surface area contributed by atoms with E-state index in [1.165, 1.54) is 63.4 Å². The zero-order valence-electron chi connectivity index (χ0n) is 13.5. The highest BCUT2D eigenvalue weighted by Gasteiger charge is 2.09. The fraction of sp³-hybridized carbons (Fsp3) is 0.684. The molecule has 0 aliphatic rings. The maximum absolute atomic E-state index is 3.70. The second-order valence-corrected chi connectivity index (χ2v) is 5.83. The largest absolute Gasteiger partial charge is 0.310 e. The normalized spacial score (nSPS) is 12.5. The molecule has 20 heavy (non-hydrogen) atoms. The highest BCUT2D eigenvalue weighted by molar-refractivity contribution is 5.18. The minimum absolute atomic E-state index is 0.548. The van der Waals surface area contributed by atoms with Gasteiger partial charge in [-0.15, -0.1) is 0 Å². The Labute approximate surface area is 126 Å². The van der Waals surface area contributed by atoms with Crippen molar-refractivity contribution < 1.29 is 0 Å². The molecule has 0 aliphatic carbocycles. The summed E-state index contributed by atoms with van der Waals surface area (Å²) in [4.78, 5) is 0. The van der Waals surface area contributed by atoms with E-state index < -0.39 is 0 Å². The molecule has 0 spiro atoms. The van der Waals surface area contributed by atoms with Gasteiger partial charge in [0.2, 0.25) is 0 Å². The maximum atomic E-state index is 3.70. The van der Waals surface area contributed by atoms with Gasteiger partial charge in [-0.3, -0.25) is 0 Å². The Morgan fingerprint density at radius 3 is 2.10 bits per heavy atom. The molecule has 1 aromatic carbocycles. The number of nitrogens with one attached hydrogen (secondary N) is 1. The van der Waals surface area contributed by atoms with Crippen LogP contribution in [0.2, 0.25) is 0 Å². The minimum atomic E-state index is 0.548. The number of hydrogen-bond donors (Lipinski definition) is 1. The molecule has 1 heteroatoms. The molecule has 1 aromatic rings. The van der Waals surface area contributed by atoms with Gasteiger partial charge in [-0.2, -0.15) is 0 Å². The van der Waals surface area contributed by atoms with E-state index in [1.807, 2.05) is 0 Å². The van der Waals surface area contributed by atoms with E-state index in [9.17, 15) is 0 Å². The molecule has 1 rings (SSSR count). The van der Waals surface area contributed by atoms with Gasteiger partial charge >= 0.3 is 0 Å². The number of unbranched alkanes of at least 4 members (excludes halogenated alkanes) is 6. The molecular weight excluding hydrogens is 242 g/mol. The fourth-order valence-electron chi connectivity index (χ4n) is 2.70. The molecule has 1 atom stereocenters. The van der Waals surface area contributed by atoms with Gasteiger partial charge in [0.1, 0.15) is 0 Å². The number of rotatable bonds is 12. The molecular formula is C19H33N. The first-order chi connectivity index (χ1) is 9.88. The molecule has 0 saturated carbocycles. The van der Waals surface area contributed by atoms with Gasteiger partial charge in [0.05, 0.1) is 0 Å². The maximum Gasteiger partial charge on any atom is 0.0320 e. The highest BCUT2D eigenvalue weighted by Crippen LogP contribution is 2.20. The molecule has 0 fully saturated rings. The first-order valence-electron chi connectivity index (χ1n) is 8.66. The van der Waals surface area contributed by atoms with E-state index in [-0.39, 0.29) is 0 Å². The van der Waals surface area contributed by atoms with Gasteiger partial charge in [-0.05, 0) is 24.9 Å². The zero-order valence-corrected chi connectivity index (χ0v) is 13.5. The SMILES string of the molecule is CCCCCCCCCC(NCCC)c1ccccc1. The van der Waals surface area contributed by atoms with Crippen molar-refractivity contribution >= 4 is 0 Å². The van der Waals surface area contributed by atoms with Crippen molar-refractivity contribution in [3.05, 3.63) is 35.9 Å². The Morgan fingerprint density at radius 2 is 1.45 bits per heavy atom. The Morgan fingerprint density at radius 1 is 0.800 bits per heavy atom. The molecule has 0 amide bonds. The molecule has 114 valence electrons. The van der Waals surface area contributed by atoms with E-state index in [4.69, 9.17) is 0 Å². The van der Waals surface area contributed by atoms with Crippen molar-refractivity contribution in [2.24, 2.45) is 0 Å². The van der Waals surface area contributed by atoms with Gasteiger partial charge in [0.15, 0.2) is 0 Å². The van der Waals surface area contributed by atoms with Crippen LogP contribution in [0.15, 0.2) is 30.3 Å². The van der Waals surface area contributed by atoms with Crippen LogP contribution < -0.4 is 5.32 Å². The Kier molecular flexibility index (Phi) is 10.3. The van der Waals surface area contributed by atoms with E-state index in [0.717, 1.165) is 6.54 Å². The first kappa shape index (κ1) is 17.2. The van der Waals surface area contributed by atoms with Crippen LogP contribution in [0.3, 0.4) is 0 Å². The summed E-state index contributed by atoms with van der Waals surface area (Å²) in [7, 11) is 0. The molecule has 0 heterocycles. The smallest absolute Gasteiger partial charge is 0.0320 e. The standard InChI is InChI=1S/C19H33N/c1-3-5-6-7-8-9-13-16-19(20-17-4-2)18-14-11-10-12-15-18/h10-12,14-15,19-20H,3-9,13,16-17H2,1-2H3. The summed E-state index contributed by atoms with van der Waals surface area (Å²) in [5.41, 5.74) is 1.45. The summed E-state index contributed by atoms with van der Waals surface area (Å²) in [6.45, 7) is 5.64. The molecule has 1 nitrogen and oxygen atoms in total. The van der Waals surface area contributed by atoms with Crippen LogP contribution in [-0.2, 0) is 0 Å². The summed E-state index contributed by atoms with van der Waals surface area (Å²) >= 11 is 0. The monoisotopic (exact) mass is 275 g/mol. The Bertz CT molecular complexity index is 307. The average Bonchev–Trinajstić information content (AvgIpc) is 2.50. The lowest BCUT2D eigenvalue weighted by Crippen LogP contribution is -2.22. The lowest BCUT2D eigenvalue weighted by molar-refractivity contribution is 0.465. The molecule has 0 radical (unpaired) electrons. The predicted molar refractivity (Wildman–Crippen MR) is 90.1 cm³/mol. The van der Waals surface area contributed by atoms with Gasteiger partial charge < -0.3 is 5.32 Å². The quantitative estimate of drug-likeness (QED) is 0.470. The number of benzene rings is 1. The number of hydrogen-bond acceptors (Lipinski definition) is 1. The first-order valence-corrected chi connectivity index (χ1v) is 8.66. The van der Waals surface area contributed by atoms with E-state index >= 15 is 0 Å². The van der Waals surface area contributed by atoms with Crippen LogP contribution in [0.25, 0.3) is 0 Å². The third kappa shape index (κ3) is 7.69. The van der Waals surface area contributed by atoms with Gasteiger partial charge in [-0.25, -0.2) is 0 Å². The van der Waals surface area contributed by atoms with Crippen LogP contribution in [0.4, 0.5) is 0 Å². The predicted octanol–water partition coefficient (Wildman–Crippen LogP) is 5.87. The van der Waals surface area contributed by atoms with Crippen molar-refractivity contribution in [3.8, 4) is 0 Å². The molecule has 1 unspecified atom stereocenters. The highest BCUT2D eigenvalue weighted by atomic mass is 14.9. The third-order valence-corrected chi connectivity index (χ3v) is 3.94. The van der Waals surface area contributed by atoms with Crippen LogP contribution in [-0.4, -0.2) is 6.54 Å². The zero-order chi connectivity index (χ0) is 14.5. The van der Waals surface area contributed by atoms with Crippen LogP contribution in [0.5, 0.6) is 0 Å². The van der Waals surface area contributed by atoms with Crippen LogP contribution in [0.1, 0.15) is 83.2 Å². The Hall–Kier alpha value is -0.820. The summed E-state index contributed by atoms with van der Waals surface area (Å²) in [6, 6.07) is 11.5. The summed E-state index contributed by atoms with van der Waals surface area (Å²) < 4.78 is 0. The summed E-state index contributed by atoms with van der Waals surface area (Å²) in [6.07, 6.45) is 12.2. The molecule has 1 N–H and O–H groups in total. The molecule has 0 aromatic heterocycles. The lowest BCUT2D eigenvalue weighted by Gasteiger charge is -2.19. The summed E-state index contributed by atoms with van der Waals surface area (Å²) in [5.74, 6) is 0. The second kappa shape index (κ2) is 12.0. The topological polar surface area (TPSA) is 12.0 Å². The Balaban J connectivity index is 2.24. The van der Waals surface area contributed by atoms with Crippen molar-refractivity contribution in [1.29, 1.82) is 0 Å². The average molecular weight is 275 g/mol. The molecule has 0 saturated heterocycles. The third-order valence-electron chi connectivity index (χ3n) is 3.94. The van der Waals surface area contributed by atoms with E-state index in [0.29, 0.717) is 6.04 Å². The van der Waals surface area contributed by atoms with E-state index in [1.54, 1.807) is 0 Å².